The minimum absolute atomic E-state index is 0.173. The summed E-state index contributed by atoms with van der Waals surface area (Å²) in [5.41, 5.74) is -0.0548. The second-order valence-corrected chi connectivity index (χ2v) is 6.13. The van der Waals surface area contributed by atoms with Crippen LogP contribution < -0.4 is 0 Å². The third kappa shape index (κ3) is 2.36. The van der Waals surface area contributed by atoms with E-state index in [2.05, 4.69) is 0 Å². The van der Waals surface area contributed by atoms with Crippen molar-refractivity contribution in [1.82, 2.24) is 0 Å². The second kappa shape index (κ2) is 4.55. The average molecular weight is 261 g/mol. The Hall–Kier alpha value is -0.250. The monoisotopic (exact) mass is 260 g/mol. The van der Waals surface area contributed by atoms with Crippen molar-refractivity contribution in [1.29, 1.82) is 0 Å². The highest BCUT2D eigenvalue weighted by atomic mass is 35.5. The molecule has 1 aromatic rings. The maximum Gasteiger partial charge on any atom is 0.123 e. The Bertz CT molecular complexity index is 399. The van der Waals surface area contributed by atoms with Crippen molar-refractivity contribution in [3.63, 3.8) is 0 Å². The lowest BCUT2D eigenvalue weighted by atomic mass is 9.89. The van der Waals surface area contributed by atoms with Gasteiger partial charge in [-0.2, -0.15) is 11.8 Å². The normalized spacial score (nSPS) is 29.6. The molecule has 0 spiro atoms. The van der Waals surface area contributed by atoms with Gasteiger partial charge in [0.2, 0.25) is 0 Å². The van der Waals surface area contributed by atoms with E-state index in [9.17, 15) is 9.50 Å². The van der Waals surface area contributed by atoms with Crippen LogP contribution in [0.3, 0.4) is 0 Å². The van der Waals surface area contributed by atoms with Gasteiger partial charge < -0.3 is 5.11 Å². The molecule has 0 aliphatic carbocycles. The maximum atomic E-state index is 13.1. The van der Waals surface area contributed by atoms with Crippen molar-refractivity contribution >= 4 is 23.4 Å². The van der Waals surface area contributed by atoms with Crippen LogP contribution in [0, 0.1) is 5.82 Å². The minimum atomic E-state index is -0.748. The molecule has 1 fully saturated rings. The van der Waals surface area contributed by atoms with E-state index in [1.807, 2.05) is 6.92 Å². The highest BCUT2D eigenvalue weighted by Gasteiger charge is 2.39. The average Bonchev–Trinajstić information content (AvgIpc) is 2.53. The Morgan fingerprint density at radius 1 is 1.62 bits per heavy atom. The third-order valence-electron chi connectivity index (χ3n) is 3.16. The first-order valence-electron chi connectivity index (χ1n) is 5.29. The summed E-state index contributed by atoms with van der Waals surface area (Å²) in [6, 6.07) is 4.29. The Morgan fingerprint density at radius 2 is 2.38 bits per heavy atom. The smallest absolute Gasteiger partial charge is 0.123 e. The molecule has 0 bridgehead atoms. The Morgan fingerprint density at radius 3 is 3.00 bits per heavy atom. The maximum absolute atomic E-state index is 13.1. The molecule has 2 rings (SSSR count). The highest BCUT2D eigenvalue weighted by Crippen LogP contribution is 2.38. The van der Waals surface area contributed by atoms with Crippen molar-refractivity contribution in [2.45, 2.75) is 30.6 Å². The highest BCUT2D eigenvalue weighted by molar-refractivity contribution is 8.00. The van der Waals surface area contributed by atoms with Crippen molar-refractivity contribution in [3.05, 3.63) is 34.6 Å². The molecule has 2 unspecified atom stereocenters. The molecule has 1 aliphatic heterocycles. The van der Waals surface area contributed by atoms with Crippen molar-refractivity contribution in [2.75, 3.05) is 5.75 Å². The summed E-state index contributed by atoms with van der Waals surface area (Å²) < 4.78 is 13.1. The molecular weight excluding hydrogens is 247 g/mol. The van der Waals surface area contributed by atoms with E-state index in [0.29, 0.717) is 17.0 Å². The first-order chi connectivity index (χ1) is 7.51. The Labute approximate surface area is 104 Å². The van der Waals surface area contributed by atoms with Crippen LogP contribution >= 0.6 is 23.4 Å². The van der Waals surface area contributed by atoms with E-state index < -0.39 is 5.60 Å². The molecular formula is C12H14ClFOS. The first kappa shape index (κ1) is 12.2. The molecule has 2 atom stereocenters. The van der Waals surface area contributed by atoms with Crippen LogP contribution in [0.1, 0.15) is 18.9 Å². The van der Waals surface area contributed by atoms with Crippen molar-refractivity contribution in [3.8, 4) is 0 Å². The van der Waals surface area contributed by atoms with Crippen molar-refractivity contribution in [2.24, 2.45) is 0 Å². The van der Waals surface area contributed by atoms with Gasteiger partial charge in [0.15, 0.2) is 0 Å². The molecule has 0 saturated carbocycles. The molecule has 16 heavy (non-hydrogen) atoms. The lowest BCUT2D eigenvalue weighted by Gasteiger charge is -2.27. The van der Waals surface area contributed by atoms with E-state index in [-0.39, 0.29) is 11.1 Å². The van der Waals surface area contributed by atoms with Crippen LogP contribution in [0.4, 0.5) is 4.39 Å². The topological polar surface area (TPSA) is 20.2 Å². The molecule has 1 saturated heterocycles. The van der Waals surface area contributed by atoms with E-state index in [1.165, 1.54) is 12.1 Å². The van der Waals surface area contributed by atoms with Gasteiger partial charge >= 0.3 is 0 Å². The first-order valence-corrected chi connectivity index (χ1v) is 6.72. The molecule has 4 heteroatoms. The van der Waals surface area contributed by atoms with Crippen LogP contribution in [0.15, 0.2) is 18.2 Å². The quantitative estimate of drug-likeness (QED) is 0.881. The van der Waals surface area contributed by atoms with Gasteiger partial charge in [0, 0.05) is 16.7 Å². The fraction of sp³-hybridized carbons (Fsp3) is 0.500. The molecule has 0 aromatic heterocycles. The fourth-order valence-electron chi connectivity index (χ4n) is 2.01. The summed E-state index contributed by atoms with van der Waals surface area (Å²) in [6.45, 7) is 2.00. The largest absolute Gasteiger partial charge is 0.388 e. The second-order valence-electron chi connectivity index (χ2n) is 4.28. The summed E-state index contributed by atoms with van der Waals surface area (Å²) in [5, 5.41) is 11.1. The summed E-state index contributed by atoms with van der Waals surface area (Å²) in [7, 11) is 0. The number of hydrogen-bond acceptors (Lipinski definition) is 2. The lowest BCUT2D eigenvalue weighted by molar-refractivity contribution is 0.0464. The molecule has 0 radical (unpaired) electrons. The number of halogens is 2. The number of thioether (sulfide) groups is 1. The van der Waals surface area contributed by atoms with Crippen LogP contribution in [0.25, 0.3) is 0 Å². The summed E-state index contributed by atoms with van der Waals surface area (Å²) in [6.07, 6.45) is 1.17. The van der Waals surface area contributed by atoms with Gasteiger partial charge in [-0.3, -0.25) is 0 Å². The van der Waals surface area contributed by atoms with E-state index in [1.54, 1.807) is 17.8 Å². The zero-order valence-corrected chi connectivity index (χ0v) is 10.6. The van der Waals surface area contributed by atoms with Gasteiger partial charge in [0.25, 0.3) is 0 Å². The van der Waals surface area contributed by atoms with Gasteiger partial charge in [-0.25, -0.2) is 4.39 Å². The lowest BCUT2D eigenvalue weighted by Crippen LogP contribution is -2.37. The van der Waals surface area contributed by atoms with Gasteiger partial charge in [-0.1, -0.05) is 18.5 Å². The zero-order chi connectivity index (χ0) is 11.8. The molecule has 1 N–H and O–H groups in total. The van der Waals surface area contributed by atoms with Gasteiger partial charge in [-0.05, 0) is 35.9 Å². The van der Waals surface area contributed by atoms with E-state index in [0.717, 1.165) is 12.2 Å². The van der Waals surface area contributed by atoms with Crippen LogP contribution in [0.5, 0.6) is 0 Å². The number of hydrogen-bond donors (Lipinski definition) is 1. The van der Waals surface area contributed by atoms with Crippen LogP contribution in [0.2, 0.25) is 5.02 Å². The van der Waals surface area contributed by atoms with Crippen molar-refractivity contribution < 1.29 is 9.50 Å². The summed E-state index contributed by atoms with van der Waals surface area (Å²) in [4.78, 5) is 0. The number of rotatable bonds is 2. The summed E-state index contributed by atoms with van der Waals surface area (Å²) in [5.74, 6) is 0.645. The molecule has 88 valence electrons. The summed E-state index contributed by atoms with van der Waals surface area (Å²) >= 11 is 7.75. The Balaban J connectivity index is 2.23. The van der Waals surface area contributed by atoms with Crippen LogP contribution in [-0.4, -0.2) is 21.7 Å². The standard InChI is InChI=1S/C12H14ClFOS/c1-8-12(15,4-5-16-8)7-9-6-10(14)2-3-11(9)13/h2-3,6,8,15H,4-5,7H2,1H3. The van der Waals surface area contributed by atoms with Crippen LogP contribution in [-0.2, 0) is 6.42 Å². The van der Waals surface area contributed by atoms with Gasteiger partial charge in [0.1, 0.15) is 5.82 Å². The van der Waals surface area contributed by atoms with E-state index in [4.69, 9.17) is 11.6 Å². The van der Waals surface area contributed by atoms with Gasteiger partial charge in [0.05, 0.1) is 5.60 Å². The SMILES string of the molecule is CC1SCCC1(O)Cc1cc(F)ccc1Cl. The van der Waals surface area contributed by atoms with Gasteiger partial charge in [-0.15, -0.1) is 0 Å². The number of benzene rings is 1. The molecule has 1 aliphatic rings. The molecule has 1 heterocycles. The Kier molecular flexibility index (Phi) is 3.48. The predicted octanol–water partition coefficient (Wildman–Crippen LogP) is 3.28. The minimum Gasteiger partial charge on any atom is -0.388 e. The molecule has 1 aromatic carbocycles. The fourth-order valence-corrected chi connectivity index (χ4v) is 3.53. The molecule has 1 nitrogen and oxygen atoms in total. The third-order valence-corrected chi connectivity index (χ3v) is 4.91. The molecule has 0 amide bonds. The number of aliphatic hydroxyl groups is 1. The van der Waals surface area contributed by atoms with E-state index >= 15 is 0 Å². The predicted molar refractivity (Wildman–Crippen MR) is 66.6 cm³/mol. The zero-order valence-electron chi connectivity index (χ0n) is 9.04.